The third-order valence-corrected chi connectivity index (χ3v) is 2.28. The van der Waals surface area contributed by atoms with Crippen LogP contribution in [-0.4, -0.2) is 26.0 Å². The maximum absolute atomic E-state index is 13.2. The Morgan fingerprint density at radius 1 is 1.28 bits per heavy atom. The summed E-state index contributed by atoms with van der Waals surface area (Å²) in [6, 6.07) is 3.10. The molecule has 0 atom stereocenters. The normalized spacial score (nSPS) is 9.72. The van der Waals surface area contributed by atoms with Crippen LogP contribution < -0.4 is 10.6 Å². The van der Waals surface area contributed by atoms with Crippen molar-refractivity contribution in [1.82, 2.24) is 10.6 Å². The summed E-state index contributed by atoms with van der Waals surface area (Å²) in [6.07, 6.45) is 0.664. The van der Waals surface area contributed by atoms with Crippen molar-refractivity contribution in [3.05, 3.63) is 35.4 Å². The Morgan fingerprint density at radius 2 is 2.00 bits per heavy atom. The average Bonchev–Trinajstić information content (AvgIpc) is 2.29. The standard InChI is InChI=1S/C12H16F2N2O.ClH/c1-15-5-2-6-16-12(17)8-9-7-10(13)3-4-11(9)14;/h3-4,7,15H,2,5-6,8H2,1H3,(H,16,17);1H. The van der Waals surface area contributed by atoms with Gasteiger partial charge in [0.05, 0.1) is 6.42 Å². The van der Waals surface area contributed by atoms with Gasteiger partial charge in [-0.15, -0.1) is 12.4 Å². The molecule has 0 spiro atoms. The number of rotatable bonds is 6. The fourth-order valence-corrected chi connectivity index (χ4v) is 1.41. The first kappa shape index (κ1) is 16.8. The molecule has 0 unspecified atom stereocenters. The molecule has 0 aliphatic rings. The number of carbonyl (C=O) groups excluding carboxylic acids is 1. The summed E-state index contributed by atoms with van der Waals surface area (Å²) >= 11 is 0. The van der Waals surface area contributed by atoms with Gasteiger partial charge in [0.25, 0.3) is 0 Å². The first-order valence-corrected chi connectivity index (χ1v) is 5.48. The zero-order valence-corrected chi connectivity index (χ0v) is 10.9. The summed E-state index contributed by atoms with van der Waals surface area (Å²) in [5, 5.41) is 5.59. The molecule has 0 aromatic heterocycles. The van der Waals surface area contributed by atoms with Gasteiger partial charge in [0.15, 0.2) is 0 Å². The summed E-state index contributed by atoms with van der Waals surface area (Å²) < 4.78 is 26.1. The van der Waals surface area contributed by atoms with Gasteiger partial charge in [0, 0.05) is 12.1 Å². The van der Waals surface area contributed by atoms with Crippen LogP contribution in [0.15, 0.2) is 18.2 Å². The van der Waals surface area contributed by atoms with Crippen LogP contribution in [0.3, 0.4) is 0 Å². The Morgan fingerprint density at radius 3 is 2.67 bits per heavy atom. The van der Waals surface area contributed by atoms with E-state index in [2.05, 4.69) is 10.6 Å². The molecule has 0 heterocycles. The number of nitrogens with one attached hydrogen (secondary N) is 2. The summed E-state index contributed by atoms with van der Waals surface area (Å²) in [5.74, 6) is -1.40. The van der Waals surface area contributed by atoms with E-state index in [9.17, 15) is 13.6 Å². The van der Waals surface area contributed by atoms with Crippen LogP contribution in [0, 0.1) is 11.6 Å². The maximum Gasteiger partial charge on any atom is 0.224 e. The van der Waals surface area contributed by atoms with Gasteiger partial charge >= 0.3 is 0 Å². The van der Waals surface area contributed by atoms with Gasteiger partial charge in [-0.3, -0.25) is 4.79 Å². The topological polar surface area (TPSA) is 41.1 Å². The zero-order chi connectivity index (χ0) is 12.7. The number of carbonyl (C=O) groups is 1. The van der Waals surface area contributed by atoms with Crippen LogP contribution in [-0.2, 0) is 11.2 Å². The van der Waals surface area contributed by atoms with Crippen molar-refractivity contribution in [3.8, 4) is 0 Å². The van der Waals surface area contributed by atoms with Gasteiger partial charge in [0.2, 0.25) is 5.91 Å². The van der Waals surface area contributed by atoms with E-state index in [-0.39, 0.29) is 30.3 Å². The van der Waals surface area contributed by atoms with Crippen LogP contribution in [0.4, 0.5) is 8.78 Å². The zero-order valence-electron chi connectivity index (χ0n) is 10.1. The van der Waals surface area contributed by atoms with Gasteiger partial charge < -0.3 is 10.6 Å². The minimum atomic E-state index is -0.559. The summed E-state index contributed by atoms with van der Waals surface area (Å²) in [6.45, 7) is 1.32. The Balaban J connectivity index is 0.00000289. The van der Waals surface area contributed by atoms with E-state index in [0.717, 1.165) is 31.2 Å². The molecule has 0 saturated heterocycles. The van der Waals surface area contributed by atoms with E-state index in [1.165, 1.54) is 0 Å². The van der Waals surface area contributed by atoms with Gasteiger partial charge in [-0.2, -0.15) is 0 Å². The fourth-order valence-electron chi connectivity index (χ4n) is 1.41. The second-order valence-electron chi connectivity index (χ2n) is 3.72. The highest BCUT2D eigenvalue weighted by molar-refractivity contribution is 5.85. The summed E-state index contributed by atoms with van der Waals surface area (Å²) in [5.41, 5.74) is 0.0797. The number of hydrogen-bond acceptors (Lipinski definition) is 2. The molecule has 0 fully saturated rings. The first-order chi connectivity index (χ1) is 8.13. The third kappa shape index (κ3) is 5.93. The maximum atomic E-state index is 13.2. The highest BCUT2D eigenvalue weighted by Crippen LogP contribution is 2.10. The van der Waals surface area contributed by atoms with Crippen LogP contribution in [0.2, 0.25) is 0 Å². The molecular weight excluding hydrogens is 262 g/mol. The van der Waals surface area contributed by atoms with E-state index in [1.807, 2.05) is 7.05 Å². The quantitative estimate of drug-likeness (QED) is 0.777. The van der Waals surface area contributed by atoms with Crippen molar-refractivity contribution >= 4 is 18.3 Å². The van der Waals surface area contributed by atoms with Gasteiger partial charge in [0.1, 0.15) is 11.6 Å². The van der Waals surface area contributed by atoms with Crippen LogP contribution >= 0.6 is 12.4 Å². The Bertz CT molecular complexity index is 388. The number of benzene rings is 1. The molecule has 0 aliphatic carbocycles. The van der Waals surface area contributed by atoms with Crippen LogP contribution in [0.5, 0.6) is 0 Å². The Labute approximate surface area is 111 Å². The van der Waals surface area contributed by atoms with Crippen LogP contribution in [0.1, 0.15) is 12.0 Å². The second-order valence-corrected chi connectivity index (χ2v) is 3.72. The lowest BCUT2D eigenvalue weighted by Gasteiger charge is -2.06. The molecule has 6 heteroatoms. The molecule has 1 amide bonds. The lowest BCUT2D eigenvalue weighted by atomic mass is 10.1. The van der Waals surface area contributed by atoms with Crippen molar-refractivity contribution in [1.29, 1.82) is 0 Å². The third-order valence-electron chi connectivity index (χ3n) is 2.28. The molecule has 3 nitrogen and oxygen atoms in total. The number of halogens is 3. The van der Waals surface area contributed by atoms with E-state index in [0.29, 0.717) is 6.54 Å². The lowest BCUT2D eigenvalue weighted by Crippen LogP contribution is -2.28. The Kier molecular flexibility index (Phi) is 8.24. The highest BCUT2D eigenvalue weighted by Gasteiger charge is 2.08. The summed E-state index contributed by atoms with van der Waals surface area (Å²) in [4.78, 5) is 11.4. The molecule has 18 heavy (non-hydrogen) atoms. The molecule has 0 bridgehead atoms. The molecule has 1 aromatic carbocycles. The van der Waals surface area contributed by atoms with E-state index in [1.54, 1.807) is 0 Å². The highest BCUT2D eigenvalue weighted by atomic mass is 35.5. The van der Waals surface area contributed by atoms with Crippen molar-refractivity contribution in [2.75, 3.05) is 20.1 Å². The summed E-state index contributed by atoms with van der Waals surface area (Å²) in [7, 11) is 1.82. The molecule has 1 rings (SSSR count). The minimum absolute atomic E-state index is 0. The van der Waals surface area contributed by atoms with E-state index >= 15 is 0 Å². The SMILES string of the molecule is CNCCCNC(=O)Cc1cc(F)ccc1F.Cl. The predicted octanol–water partition coefficient (Wildman–Crippen LogP) is 1.65. The van der Waals surface area contributed by atoms with Gasteiger partial charge in [-0.1, -0.05) is 0 Å². The first-order valence-electron chi connectivity index (χ1n) is 5.48. The van der Waals surface area contributed by atoms with Gasteiger partial charge in [-0.05, 0) is 38.2 Å². The van der Waals surface area contributed by atoms with Crippen molar-refractivity contribution in [2.45, 2.75) is 12.8 Å². The van der Waals surface area contributed by atoms with Gasteiger partial charge in [-0.25, -0.2) is 8.78 Å². The van der Waals surface area contributed by atoms with Crippen molar-refractivity contribution in [2.24, 2.45) is 0 Å². The number of amides is 1. The molecule has 0 radical (unpaired) electrons. The van der Waals surface area contributed by atoms with Crippen molar-refractivity contribution in [3.63, 3.8) is 0 Å². The Hall–Kier alpha value is -1.20. The van der Waals surface area contributed by atoms with E-state index in [4.69, 9.17) is 0 Å². The van der Waals surface area contributed by atoms with Crippen LogP contribution in [0.25, 0.3) is 0 Å². The predicted molar refractivity (Wildman–Crippen MR) is 68.9 cm³/mol. The molecule has 1 aromatic rings. The fraction of sp³-hybridized carbons (Fsp3) is 0.417. The number of hydrogen-bond donors (Lipinski definition) is 2. The average molecular weight is 279 g/mol. The molecule has 0 saturated carbocycles. The molecule has 102 valence electrons. The second kappa shape index (κ2) is 8.83. The smallest absolute Gasteiger partial charge is 0.224 e. The largest absolute Gasteiger partial charge is 0.356 e. The van der Waals surface area contributed by atoms with E-state index < -0.39 is 11.6 Å². The molecule has 2 N–H and O–H groups in total. The monoisotopic (exact) mass is 278 g/mol. The molecular formula is C12H17ClF2N2O. The van der Waals surface area contributed by atoms with Crippen molar-refractivity contribution < 1.29 is 13.6 Å². The minimum Gasteiger partial charge on any atom is -0.356 e. The lowest BCUT2D eigenvalue weighted by molar-refractivity contribution is -0.120. The molecule has 0 aliphatic heterocycles.